The van der Waals surface area contributed by atoms with Gasteiger partial charge in [0.25, 0.3) is 11.8 Å². The van der Waals surface area contributed by atoms with Gasteiger partial charge < -0.3 is 5.32 Å². The lowest BCUT2D eigenvalue weighted by Crippen LogP contribution is -2.51. The average molecular weight is 454 g/mol. The van der Waals surface area contributed by atoms with E-state index in [0.717, 1.165) is 16.3 Å². The van der Waals surface area contributed by atoms with E-state index in [4.69, 9.17) is 0 Å². The van der Waals surface area contributed by atoms with E-state index in [1.807, 2.05) is 42.5 Å². The zero-order chi connectivity index (χ0) is 20.8. The van der Waals surface area contributed by atoms with Crippen LogP contribution < -0.4 is 16.2 Å². The molecule has 3 rings (SSSR count). The van der Waals surface area contributed by atoms with Crippen LogP contribution in [0.4, 0.5) is 0 Å². The number of nitrogens with one attached hydrogen (secondary N) is 3. The fourth-order valence-electron chi connectivity index (χ4n) is 2.92. The Hall–Kier alpha value is -3.19. The van der Waals surface area contributed by atoms with Crippen LogP contribution in [0.3, 0.4) is 0 Å². The van der Waals surface area contributed by atoms with Gasteiger partial charge in [0.15, 0.2) is 0 Å². The lowest BCUT2D eigenvalue weighted by atomic mass is 10.0. The fourth-order valence-corrected chi connectivity index (χ4v) is 3.38. The van der Waals surface area contributed by atoms with Crippen LogP contribution in [0.5, 0.6) is 0 Å². The minimum absolute atomic E-state index is 0.155. The average Bonchev–Trinajstić information content (AvgIpc) is 2.72. The van der Waals surface area contributed by atoms with Gasteiger partial charge in [0, 0.05) is 4.47 Å². The Kier molecular flexibility index (Phi) is 6.61. The van der Waals surface area contributed by atoms with E-state index in [0.29, 0.717) is 10.0 Å². The van der Waals surface area contributed by atoms with Gasteiger partial charge in [0.05, 0.1) is 12.0 Å². The molecule has 0 radical (unpaired) electrons. The van der Waals surface area contributed by atoms with Crippen molar-refractivity contribution in [3.63, 3.8) is 0 Å². The predicted octanol–water partition coefficient (Wildman–Crippen LogP) is 3.11. The maximum absolute atomic E-state index is 12.4. The first-order valence-electron chi connectivity index (χ1n) is 9.06. The van der Waals surface area contributed by atoms with E-state index in [9.17, 15) is 14.4 Å². The van der Waals surface area contributed by atoms with Crippen LogP contribution in [0.2, 0.25) is 0 Å². The summed E-state index contributed by atoms with van der Waals surface area (Å²) in [6.45, 7) is 1.56. The lowest BCUT2D eigenvalue weighted by Gasteiger charge is -2.15. The molecule has 7 heteroatoms. The van der Waals surface area contributed by atoms with Crippen LogP contribution in [0.15, 0.2) is 71.2 Å². The van der Waals surface area contributed by atoms with Crippen LogP contribution >= 0.6 is 15.9 Å². The van der Waals surface area contributed by atoms with Gasteiger partial charge in [0.2, 0.25) is 5.91 Å². The van der Waals surface area contributed by atoms with Gasteiger partial charge in [-0.25, -0.2) is 0 Å². The van der Waals surface area contributed by atoms with Crippen LogP contribution in [0.1, 0.15) is 22.8 Å². The topological polar surface area (TPSA) is 87.3 Å². The monoisotopic (exact) mass is 453 g/mol. The largest absolute Gasteiger partial charge is 0.344 e. The number of carbonyl (C=O) groups is 3. The van der Waals surface area contributed by atoms with E-state index in [1.54, 1.807) is 31.2 Å². The van der Waals surface area contributed by atoms with Gasteiger partial charge in [-0.3, -0.25) is 25.2 Å². The van der Waals surface area contributed by atoms with Gasteiger partial charge in [0.1, 0.15) is 6.04 Å². The first-order valence-corrected chi connectivity index (χ1v) is 9.85. The third-order valence-corrected chi connectivity index (χ3v) is 5.11. The number of amides is 3. The number of rotatable bonds is 5. The summed E-state index contributed by atoms with van der Waals surface area (Å²) in [6, 6.07) is 19.7. The molecule has 29 heavy (non-hydrogen) atoms. The molecule has 3 N–H and O–H groups in total. The van der Waals surface area contributed by atoms with Gasteiger partial charge in [-0.15, -0.1) is 0 Å². The van der Waals surface area contributed by atoms with Crippen molar-refractivity contribution in [3.8, 4) is 0 Å². The normalized spacial score (nSPS) is 11.5. The second-order valence-corrected chi connectivity index (χ2v) is 7.38. The summed E-state index contributed by atoms with van der Waals surface area (Å²) in [5.41, 5.74) is 5.95. The molecule has 0 saturated heterocycles. The molecule has 0 spiro atoms. The number of carbonyl (C=O) groups excluding carboxylic acids is 3. The van der Waals surface area contributed by atoms with Crippen molar-refractivity contribution in [1.82, 2.24) is 16.2 Å². The minimum atomic E-state index is -0.808. The van der Waals surface area contributed by atoms with Gasteiger partial charge in [-0.2, -0.15) is 0 Å². The molecule has 6 nitrogen and oxygen atoms in total. The Labute approximate surface area is 176 Å². The highest BCUT2D eigenvalue weighted by Gasteiger charge is 2.18. The Morgan fingerprint density at radius 2 is 1.59 bits per heavy atom. The van der Waals surface area contributed by atoms with E-state index >= 15 is 0 Å². The number of hydrazine groups is 1. The minimum Gasteiger partial charge on any atom is -0.344 e. The zero-order valence-corrected chi connectivity index (χ0v) is 17.3. The smallest absolute Gasteiger partial charge is 0.270 e. The van der Waals surface area contributed by atoms with Gasteiger partial charge >= 0.3 is 0 Å². The molecule has 3 amide bonds. The third kappa shape index (κ3) is 5.20. The van der Waals surface area contributed by atoms with Crippen LogP contribution in [-0.2, 0) is 16.0 Å². The molecule has 0 unspecified atom stereocenters. The number of benzene rings is 3. The molecular weight excluding hydrogens is 434 g/mol. The SMILES string of the molecule is C[C@@H](NC(=O)Cc1cccc2ccccc12)C(=O)NNC(=O)c1ccccc1Br. The molecule has 0 saturated carbocycles. The summed E-state index contributed by atoms with van der Waals surface area (Å²) in [4.78, 5) is 36.7. The van der Waals surface area contributed by atoms with Crippen molar-refractivity contribution in [2.75, 3.05) is 0 Å². The van der Waals surface area contributed by atoms with E-state index in [1.165, 1.54) is 0 Å². The quantitative estimate of drug-likeness (QED) is 0.518. The molecule has 148 valence electrons. The fraction of sp³-hybridized carbons (Fsp3) is 0.136. The number of halogens is 1. The molecule has 0 aliphatic rings. The molecule has 0 aliphatic heterocycles. The van der Waals surface area contributed by atoms with Crippen molar-refractivity contribution in [3.05, 3.63) is 82.3 Å². The number of hydrogen-bond donors (Lipinski definition) is 3. The third-order valence-electron chi connectivity index (χ3n) is 4.42. The molecule has 0 aliphatic carbocycles. The summed E-state index contributed by atoms with van der Waals surface area (Å²) in [5, 5.41) is 4.71. The molecule has 0 heterocycles. The first kappa shape index (κ1) is 20.5. The van der Waals surface area contributed by atoms with Crippen molar-refractivity contribution < 1.29 is 14.4 Å². The Bertz CT molecular complexity index is 1060. The highest BCUT2D eigenvalue weighted by Crippen LogP contribution is 2.19. The van der Waals surface area contributed by atoms with Gasteiger partial charge in [-0.1, -0.05) is 54.6 Å². The highest BCUT2D eigenvalue weighted by atomic mass is 79.9. The zero-order valence-electron chi connectivity index (χ0n) is 15.7. The molecule has 0 bridgehead atoms. The molecule has 3 aromatic carbocycles. The molecule has 0 aromatic heterocycles. The van der Waals surface area contributed by atoms with E-state index in [-0.39, 0.29) is 12.3 Å². The molecule has 0 fully saturated rings. The second kappa shape index (κ2) is 9.34. The van der Waals surface area contributed by atoms with Crippen molar-refractivity contribution in [1.29, 1.82) is 0 Å². The summed E-state index contributed by atoms with van der Waals surface area (Å²) in [6.07, 6.45) is 0.155. The Balaban J connectivity index is 1.54. The maximum atomic E-state index is 12.4. The van der Waals surface area contributed by atoms with Crippen molar-refractivity contribution in [2.24, 2.45) is 0 Å². The lowest BCUT2D eigenvalue weighted by molar-refractivity contribution is -0.128. The van der Waals surface area contributed by atoms with Crippen molar-refractivity contribution in [2.45, 2.75) is 19.4 Å². The Morgan fingerprint density at radius 3 is 2.38 bits per heavy atom. The first-order chi connectivity index (χ1) is 14.0. The van der Waals surface area contributed by atoms with Crippen LogP contribution in [0.25, 0.3) is 10.8 Å². The molecular formula is C22H20BrN3O3. The van der Waals surface area contributed by atoms with E-state index in [2.05, 4.69) is 32.1 Å². The highest BCUT2D eigenvalue weighted by molar-refractivity contribution is 9.10. The van der Waals surface area contributed by atoms with Crippen molar-refractivity contribution >= 4 is 44.4 Å². The Morgan fingerprint density at radius 1 is 0.897 bits per heavy atom. The molecule has 3 aromatic rings. The number of fused-ring (bicyclic) bond motifs is 1. The summed E-state index contributed by atoms with van der Waals surface area (Å²) < 4.78 is 0.614. The van der Waals surface area contributed by atoms with Crippen LogP contribution in [0, 0.1) is 0 Å². The second-order valence-electron chi connectivity index (χ2n) is 6.53. The van der Waals surface area contributed by atoms with Crippen LogP contribution in [-0.4, -0.2) is 23.8 Å². The predicted molar refractivity (Wildman–Crippen MR) is 115 cm³/mol. The summed E-state index contributed by atoms with van der Waals surface area (Å²) >= 11 is 3.28. The van der Waals surface area contributed by atoms with Gasteiger partial charge in [-0.05, 0) is 51.3 Å². The van der Waals surface area contributed by atoms with E-state index < -0.39 is 17.9 Å². The number of hydrogen-bond acceptors (Lipinski definition) is 3. The maximum Gasteiger partial charge on any atom is 0.270 e. The standard InChI is InChI=1S/C22H20BrN3O3/c1-14(21(28)25-26-22(29)18-11-4-5-12-19(18)23)24-20(27)13-16-9-6-8-15-7-2-3-10-17(15)16/h2-12,14H,13H2,1H3,(H,24,27)(H,25,28)(H,26,29)/t14-/m1/s1. The summed E-state index contributed by atoms with van der Waals surface area (Å²) in [7, 11) is 0. The molecule has 1 atom stereocenters. The summed E-state index contributed by atoms with van der Waals surface area (Å²) in [5.74, 6) is -1.25.